The van der Waals surface area contributed by atoms with Gasteiger partial charge in [0.25, 0.3) is 0 Å². The quantitative estimate of drug-likeness (QED) is 0.600. The molecule has 0 fully saturated rings. The third-order valence-electron chi connectivity index (χ3n) is 1.92. The number of nitrogens with two attached hydrogens (primary N) is 1. The van der Waals surface area contributed by atoms with Gasteiger partial charge in [0.15, 0.2) is 0 Å². The first kappa shape index (κ1) is 11.4. The molecule has 0 saturated heterocycles. The second-order valence-corrected chi connectivity index (χ2v) is 2.86. The van der Waals surface area contributed by atoms with Crippen LogP contribution in [-0.2, 0) is 4.79 Å². The van der Waals surface area contributed by atoms with Crippen molar-refractivity contribution < 1.29 is 9.90 Å². The first-order chi connectivity index (χ1) is 5.61. The fourth-order valence-corrected chi connectivity index (χ4v) is 1.24. The molecule has 0 heterocycles. The van der Waals surface area contributed by atoms with E-state index >= 15 is 0 Å². The van der Waals surface area contributed by atoms with Crippen LogP contribution in [0.4, 0.5) is 0 Å². The predicted molar refractivity (Wildman–Crippen MR) is 48.0 cm³/mol. The second kappa shape index (κ2) is 5.97. The van der Waals surface area contributed by atoms with E-state index in [-0.39, 0.29) is 12.5 Å². The minimum absolute atomic E-state index is 0.0797. The lowest BCUT2D eigenvalue weighted by molar-refractivity contribution is -0.138. The SMILES string of the molecule is CCN(CCN)C(C)CC(=O)O. The van der Waals surface area contributed by atoms with Crippen molar-refractivity contribution in [3.05, 3.63) is 0 Å². The Bertz CT molecular complexity index is 139. The number of aliphatic carboxylic acids is 1. The summed E-state index contributed by atoms with van der Waals surface area (Å²) in [5.41, 5.74) is 5.38. The molecule has 0 spiro atoms. The van der Waals surface area contributed by atoms with E-state index in [2.05, 4.69) is 4.90 Å². The zero-order valence-corrected chi connectivity index (χ0v) is 7.79. The fraction of sp³-hybridized carbons (Fsp3) is 0.875. The van der Waals surface area contributed by atoms with E-state index in [1.807, 2.05) is 13.8 Å². The van der Waals surface area contributed by atoms with Crippen molar-refractivity contribution >= 4 is 5.97 Å². The minimum Gasteiger partial charge on any atom is -0.481 e. The van der Waals surface area contributed by atoms with Gasteiger partial charge in [0.1, 0.15) is 0 Å². The largest absolute Gasteiger partial charge is 0.481 e. The highest BCUT2D eigenvalue weighted by Gasteiger charge is 2.13. The lowest BCUT2D eigenvalue weighted by Gasteiger charge is -2.25. The van der Waals surface area contributed by atoms with Gasteiger partial charge in [0.05, 0.1) is 6.42 Å². The van der Waals surface area contributed by atoms with Crippen LogP contribution in [0.2, 0.25) is 0 Å². The van der Waals surface area contributed by atoms with Crippen LogP contribution in [-0.4, -0.2) is 41.7 Å². The summed E-state index contributed by atoms with van der Waals surface area (Å²) in [5.74, 6) is -0.752. The van der Waals surface area contributed by atoms with Gasteiger partial charge < -0.3 is 10.8 Å². The average molecular weight is 174 g/mol. The maximum atomic E-state index is 10.4. The highest BCUT2D eigenvalue weighted by molar-refractivity contribution is 5.67. The molecule has 0 aliphatic rings. The molecule has 0 aromatic rings. The maximum Gasteiger partial charge on any atom is 0.304 e. The van der Waals surface area contributed by atoms with Crippen molar-refractivity contribution in [3.8, 4) is 0 Å². The van der Waals surface area contributed by atoms with Crippen molar-refractivity contribution in [3.63, 3.8) is 0 Å². The molecule has 12 heavy (non-hydrogen) atoms. The molecule has 0 aliphatic heterocycles. The van der Waals surface area contributed by atoms with Gasteiger partial charge in [-0.3, -0.25) is 9.69 Å². The summed E-state index contributed by atoms with van der Waals surface area (Å²) < 4.78 is 0. The Labute approximate surface area is 73.3 Å². The van der Waals surface area contributed by atoms with Crippen LogP contribution in [0.1, 0.15) is 20.3 Å². The number of rotatable bonds is 6. The topological polar surface area (TPSA) is 66.6 Å². The van der Waals surface area contributed by atoms with E-state index in [0.29, 0.717) is 6.54 Å². The van der Waals surface area contributed by atoms with Gasteiger partial charge in [-0.15, -0.1) is 0 Å². The Morgan fingerprint density at radius 1 is 1.67 bits per heavy atom. The van der Waals surface area contributed by atoms with Crippen molar-refractivity contribution in [1.82, 2.24) is 4.90 Å². The van der Waals surface area contributed by atoms with E-state index in [9.17, 15) is 4.79 Å². The van der Waals surface area contributed by atoms with Gasteiger partial charge >= 0.3 is 5.97 Å². The van der Waals surface area contributed by atoms with Crippen LogP contribution in [0.25, 0.3) is 0 Å². The van der Waals surface area contributed by atoms with Crippen molar-refractivity contribution in [2.75, 3.05) is 19.6 Å². The van der Waals surface area contributed by atoms with Crippen LogP contribution in [0.5, 0.6) is 0 Å². The van der Waals surface area contributed by atoms with Gasteiger partial charge in [-0.05, 0) is 13.5 Å². The molecular formula is C8H18N2O2. The Balaban J connectivity index is 3.84. The van der Waals surface area contributed by atoms with E-state index in [0.717, 1.165) is 13.1 Å². The highest BCUT2D eigenvalue weighted by Crippen LogP contribution is 2.02. The van der Waals surface area contributed by atoms with Gasteiger partial charge in [0.2, 0.25) is 0 Å². The molecule has 4 nitrogen and oxygen atoms in total. The second-order valence-electron chi connectivity index (χ2n) is 2.86. The Kier molecular flexibility index (Phi) is 5.66. The first-order valence-corrected chi connectivity index (χ1v) is 4.27. The molecule has 72 valence electrons. The summed E-state index contributed by atoms with van der Waals surface area (Å²) in [5, 5.41) is 8.54. The molecule has 3 N–H and O–H groups in total. The zero-order valence-electron chi connectivity index (χ0n) is 7.79. The van der Waals surface area contributed by atoms with Crippen LogP contribution < -0.4 is 5.73 Å². The van der Waals surface area contributed by atoms with Gasteiger partial charge in [0, 0.05) is 19.1 Å². The molecule has 0 aromatic heterocycles. The standard InChI is InChI=1S/C8H18N2O2/c1-3-10(5-4-9)7(2)6-8(11)12/h7H,3-6,9H2,1-2H3,(H,11,12). The Morgan fingerprint density at radius 3 is 2.58 bits per heavy atom. The summed E-state index contributed by atoms with van der Waals surface area (Å²) in [7, 11) is 0. The molecule has 1 atom stereocenters. The number of carboxylic acids is 1. The maximum absolute atomic E-state index is 10.4. The first-order valence-electron chi connectivity index (χ1n) is 4.27. The third-order valence-corrected chi connectivity index (χ3v) is 1.92. The molecule has 0 rings (SSSR count). The number of carboxylic acid groups (broad SMARTS) is 1. The number of hydrogen-bond donors (Lipinski definition) is 2. The van der Waals surface area contributed by atoms with Gasteiger partial charge in [-0.25, -0.2) is 0 Å². The lowest BCUT2D eigenvalue weighted by atomic mass is 10.2. The van der Waals surface area contributed by atoms with Crippen LogP contribution in [0, 0.1) is 0 Å². The van der Waals surface area contributed by atoms with Crippen LogP contribution in [0.3, 0.4) is 0 Å². The molecular weight excluding hydrogens is 156 g/mol. The van der Waals surface area contributed by atoms with Gasteiger partial charge in [-0.1, -0.05) is 6.92 Å². The van der Waals surface area contributed by atoms with Crippen LogP contribution in [0.15, 0.2) is 0 Å². The molecule has 4 heteroatoms. The van der Waals surface area contributed by atoms with E-state index in [1.54, 1.807) is 0 Å². The van der Waals surface area contributed by atoms with Crippen molar-refractivity contribution in [2.24, 2.45) is 5.73 Å². The highest BCUT2D eigenvalue weighted by atomic mass is 16.4. The molecule has 0 radical (unpaired) electrons. The van der Waals surface area contributed by atoms with Gasteiger partial charge in [-0.2, -0.15) is 0 Å². The third kappa shape index (κ3) is 4.31. The molecule has 0 aromatic carbocycles. The monoisotopic (exact) mass is 174 g/mol. The summed E-state index contributed by atoms with van der Waals surface area (Å²) >= 11 is 0. The number of hydrogen-bond acceptors (Lipinski definition) is 3. The van der Waals surface area contributed by atoms with Crippen LogP contribution >= 0.6 is 0 Å². The lowest BCUT2D eigenvalue weighted by Crippen LogP contribution is -2.38. The smallest absolute Gasteiger partial charge is 0.304 e. The molecule has 0 aliphatic carbocycles. The molecule has 0 bridgehead atoms. The van der Waals surface area contributed by atoms with E-state index < -0.39 is 5.97 Å². The normalized spacial score (nSPS) is 13.3. The Hall–Kier alpha value is -0.610. The Morgan fingerprint density at radius 2 is 2.25 bits per heavy atom. The summed E-state index contributed by atoms with van der Waals surface area (Å²) in [6.07, 6.45) is 0.188. The number of likely N-dealkylation sites (N-methyl/N-ethyl adjacent to an activating group) is 1. The fourth-order valence-electron chi connectivity index (χ4n) is 1.24. The van der Waals surface area contributed by atoms with E-state index in [1.165, 1.54) is 0 Å². The summed E-state index contributed by atoms with van der Waals surface area (Å²) in [4.78, 5) is 12.4. The molecule has 0 amide bonds. The number of carbonyl (C=O) groups is 1. The average Bonchev–Trinajstić information content (AvgIpc) is 1.98. The van der Waals surface area contributed by atoms with E-state index in [4.69, 9.17) is 10.8 Å². The zero-order chi connectivity index (χ0) is 9.56. The predicted octanol–water partition coefficient (Wildman–Crippen LogP) is 0.130. The molecule has 0 saturated carbocycles. The number of nitrogens with zero attached hydrogens (tertiary/aromatic N) is 1. The summed E-state index contributed by atoms with van der Waals surface area (Å²) in [6, 6.07) is 0.0797. The van der Waals surface area contributed by atoms with Crippen molar-refractivity contribution in [1.29, 1.82) is 0 Å². The molecule has 1 unspecified atom stereocenters. The summed E-state index contributed by atoms with van der Waals surface area (Å²) in [6.45, 7) is 6.12. The van der Waals surface area contributed by atoms with Crippen molar-refractivity contribution in [2.45, 2.75) is 26.3 Å². The minimum atomic E-state index is -0.752.